The molecule has 1 aromatic carbocycles. The van der Waals surface area contributed by atoms with Crippen LogP contribution < -0.4 is 10.0 Å². The molecule has 0 heterocycles. The second-order valence-electron chi connectivity index (χ2n) is 5.16. The molecule has 20 heavy (non-hydrogen) atoms. The quantitative estimate of drug-likeness (QED) is 0.812. The molecule has 0 fully saturated rings. The van der Waals surface area contributed by atoms with E-state index in [0.717, 1.165) is 12.0 Å². The van der Waals surface area contributed by atoms with Gasteiger partial charge in [0.25, 0.3) is 0 Å². The molecule has 0 amide bonds. The fraction of sp³-hybridized carbons (Fsp3) is 0.571. The molecule has 1 unspecified atom stereocenters. The summed E-state index contributed by atoms with van der Waals surface area (Å²) in [6.07, 6.45) is 0.752. The minimum absolute atomic E-state index is 0.0734. The summed E-state index contributed by atoms with van der Waals surface area (Å²) in [5, 5.41) is 3.45. The van der Waals surface area contributed by atoms with Gasteiger partial charge in [0.2, 0.25) is 10.0 Å². The average Bonchev–Trinajstić information content (AvgIpc) is 2.38. The van der Waals surface area contributed by atoms with Crippen LogP contribution >= 0.6 is 11.6 Å². The monoisotopic (exact) mass is 318 g/mol. The zero-order valence-corrected chi connectivity index (χ0v) is 14.0. The van der Waals surface area contributed by atoms with Crippen molar-refractivity contribution in [1.29, 1.82) is 0 Å². The van der Waals surface area contributed by atoms with E-state index in [9.17, 15) is 8.42 Å². The fourth-order valence-electron chi connectivity index (χ4n) is 1.99. The van der Waals surface area contributed by atoms with Crippen LogP contribution in [0.4, 0.5) is 0 Å². The smallest absolute Gasteiger partial charge is 0.240 e. The van der Waals surface area contributed by atoms with E-state index in [2.05, 4.69) is 10.0 Å². The highest BCUT2D eigenvalue weighted by Gasteiger charge is 2.21. The Kier molecular flexibility index (Phi) is 6.45. The highest BCUT2D eigenvalue weighted by atomic mass is 35.5. The first-order valence-corrected chi connectivity index (χ1v) is 8.63. The van der Waals surface area contributed by atoms with Gasteiger partial charge in [0, 0.05) is 17.6 Å². The second-order valence-corrected chi connectivity index (χ2v) is 7.28. The number of nitrogens with one attached hydrogen (secondary N) is 2. The molecule has 2 N–H and O–H groups in total. The first kappa shape index (κ1) is 17.4. The van der Waals surface area contributed by atoms with Crippen LogP contribution in [0.2, 0.25) is 5.02 Å². The van der Waals surface area contributed by atoms with E-state index in [1.54, 1.807) is 12.1 Å². The van der Waals surface area contributed by atoms with Gasteiger partial charge in [0.15, 0.2) is 0 Å². The van der Waals surface area contributed by atoms with Crippen LogP contribution in [0.25, 0.3) is 0 Å². The zero-order valence-electron chi connectivity index (χ0n) is 12.4. The van der Waals surface area contributed by atoms with Crippen LogP contribution in [-0.2, 0) is 16.6 Å². The minimum atomic E-state index is -3.53. The largest absolute Gasteiger partial charge is 0.316 e. The lowest BCUT2D eigenvalue weighted by molar-refractivity contribution is 0.437. The van der Waals surface area contributed by atoms with Crippen LogP contribution in [0.3, 0.4) is 0 Å². The maximum atomic E-state index is 12.3. The molecular weight excluding hydrogens is 296 g/mol. The van der Waals surface area contributed by atoms with Crippen molar-refractivity contribution >= 4 is 21.6 Å². The first-order valence-electron chi connectivity index (χ1n) is 6.77. The predicted molar refractivity (Wildman–Crippen MR) is 83.5 cm³/mol. The third-order valence-corrected chi connectivity index (χ3v) is 5.09. The van der Waals surface area contributed by atoms with E-state index in [4.69, 9.17) is 11.6 Å². The highest BCUT2D eigenvalue weighted by molar-refractivity contribution is 7.89. The molecule has 0 aliphatic heterocycles. The summed E-state index contributed by atoms with van der Waals surface area (Å²) in [5.74, 6) is 0.244. The SMILES string of the molecule is CCC(NS(=O)(=O)c1ccc(CNC)c(Cl)c1)C(C)C. The lowest BCUT2D eigenvalue weighted by atomic mass is 10.0. The van der Waals surface area contributed by atoms with Gasteiger partial charge in [-0.25, -0.2) is 13.1 Å². The normalized spacial score (nSPS) is 13.7. The maximum absolute atomic E-state index is 12.3. The molecule has 0 aliphatic carbocycles. The predicted octanol–water partition coefficient (Wildman–Crippen LogP) is 2.77. The third-order valence-electron chi connectivity index (χ3n) is 3.25. The number of rotatable bonds is 7. The molecular formula is C14H23ClN2O2S. The second kappa shape index (κ2) is 7.41. The first-order chi connectivity index (χ1) is 9.31. The van der Waals surface area contributed by atoms with Gasteiger partial charge in [-0.3, -0.25) is 0 Å². The number of hydrogen-bond acceptors (Lipinski definition) is 3. The Morgan fingerprint density at radius 3 is 2.40 bits per heavy atom. The maximum Gasteiger partial charge on any atom is 0.240 e. The molecule has 6 heteroatoms. The summed E-state index contributed by atoms with van der Waals surface area (Å²) in [5.41, 5.74) is 0.879. The molecule has 0 saturated carbocycles. The van der Waals surface area contributed by atoms with Crippen LogP contribution in [0.1, 0.15) is 32.8 Å². The molecule has 1 atom stereocenters. The van der Waals surface area contributed by atoms with Gasteiger partial charge < -0.3 is 5.32 Å². The summed E-state index contributed by atoms with van der Waals surface area (Å²) < 4.78 is 27.4. The summed E-state index contributed by atoms with van der Waals surface area (Å²) >= 11 is 6.11. The zero-order chi connectivity index (χ0) is 15.3. The lowest BCUT2D eigenvalue weighted by Crippen LogP contribution is -2.37. The molecule has 0 aliphatic rings. The van der Waals surface area contributed by atoms with E-state index in [1.165, 1.54) is 6.07 Å². The minimum Gasteiger partial charge on any atom is -0.316 e. The van der Waals surface area contributed by atoms with E-state index in [0.29, 0.717) is 11.6 Å². The van der Waals surface area contributed by atoms with Crippen LogP contribution in [0.5, 0.6) is 0 Å². The summed E-state index contributed by atoms with van der Waals surface area (Å²) in [4.78, 5) is 0.210. The van der Waals surface area contributed by atoms with Crippen molar-refractivity contribution in [2.75, 3.05) is 7.05 Å². The standard InChI is InChI=1S/C14H23ClN2O2S/c1-5-14(10(2)3)17-20(18,19)12-7-6-11(9-16-4)13(15)8-12/h6-8,10,14,16-17H,5,9H2,1-4H3. The topological polar surface area (TPSA) is 58.2 Å². The van der Waals surface area contributed by atoms with Crippen LogP contribution in [-0.4, -0.2) is 21.5 Å². The summed E-state index contributed by atoms with van der Waals surface area (Å²) in [6.45, 7) is 6.58. The average molecular weight is 319 g/mol. The van der Waals surface area contributed by atoms with Gasteiger partial charge in [-0.05, 0) is 37.1 Å². The van der Waals surface area contributed by atoms with Crippen molar-refractivity contribution < 1.29 is 8.42 Å². The lowest BCUT2D eigenvalue weighted by Gasteiger charge is -2.20. The molecule has 0 spiro atoms. The Bertz CT molecular complexity index is 544. The molecule has 0 aromatic heterocycles. The summed E-state index contributed by atoms with van der Waals surface area (Å²) in [7, 11) is -1.71. The van der Waals surface area contributed by atoms with Crippen molar-refractivity contribution in [1.82, 2.24) is 10.0 Å². The van der Waals surface area contributed by atoms with E-state index < -0.39 is 10.0 Å². The molecule has 0 bridgehead atoms. The van der Waals surface area contributed by atoms with Gasteiger partial charge in [0.05, 0.1) is 4.90 Å². The summed E-state index contributed by atoms with van der Waals surface area (Å²) in [6, 6.07) is 4.76. The van der Waals surface area contributed by atoms with Gasteiger partial charge in [-0.2, -0.15) is 0 Å². The van der Waals surface area contributed by atoms with Gasteiger partial charge >= 0.3 is 0 Å². The Hall–Kier alpha value is -0.620. The van der Waals surface area contributed by atoms with Gasteiger partial charge in [-0.1, -0.05) is 38.4 Å². The van der Waals surface area contributed by atoms with E-state index in [-0.39, 0.29) is 16.9 Å². The Morgan fingerprint density at radius 2 is 1.95 bits per heavy atom. The number of halogens is 1. The Morgan fingerprint density at radius 1 is 1.30 bits per heavy atom. The number of sulfonamides is 1. The van der Waals surface area contributed by atoms with Crippen molar-refractivity contribution in [3.8, 4) is 0 Å². The van der Waals surface area contributed by atoms with Crippen molar-refractivity contribution in [2.45, 2.75) is 44.7 Å². The molecule has 0 radical (unpaired) electrons. The number of benzene rings is 1. The molecule has 1 aromatic rings. The molecule has 114 valence electrons. The van der Waals surface area contributed by atoms with Gasteiger partial charge in [-0.15, -0.1) is 0 Å². The Labute approximate surface area is 127 Å². The van der Waals surface area contributed by atoms with Crippen molar-refractivity contribution in [2.24, 2.45) is 5.92 Å². The van der Waals surface area contributed by atoms with Crippen molar-refractivity contribution in [3.63, 3.8) is 0 Å². The van der Waals surface area contributed by atoms with Crippen molar-refractivity contribution in [3.05, 3.63) is 28.8 Å². The van der Waals surface area contributed by atoms with E-state index >= 15 is 0 Å². The fourth-order valence-corrected chi connectivity index (χ4v) is 3.79. The van der Waals surface area contributed by atoms with Crippen LogP contribution in [0.15, 0.2) is 23.1 Å². The van der Waals surface area contributed by atoms with Gasteiger partial charge in [0.1, 0.15) is 0 Å². The van der Waals surface area contributed by atoms with Crippen LogP contribution in [0, 0.1) is 5.92 Å². The Balaban J connectivity index is 3.01. The third kappa shape index (κ3) is 4.45. The molecule has 0 saturated heterocycles. The highest BCUT2D eigenvalue weighted by Crippen LogP contribution is 2.21. The van der Waals surface area contributed by atoms with E-state index in [1.807, 2.05) is 27.8 Å². The molecule has 1 rings (SSSR count). The molecule has 4 nitrogen and oxygen atoms in total. The number of hydrogen-bond donors (Lipinski definition) is 2.